The first-order valence-corrected chi connectivity index (χ1v) is 4.67. The number of aromatic nitrogens is 2. The zero-order valence-electron chi connectivity index (χ0n) is 8.42. The minimum atomic E-state index is -4.25. The van der Waals surface area contributed by atoms with Gasteiger partial charge in [-0.05, 0) is 0 Å². The number of ether oxygens (including phenoxy) is 1. The maximum absolute atomic E-state index is 11.7. The Labute approximate surface area is 85.9 Å². The van der Waals surface area contributed by atoms with E-state index in [4.69, 9.17) is 0 Å². The summed E-state index contributed by atoms with van der Waals surface area (Å²) in [6.45, 7) is 1.20. The van der Waals surface area contributed by atoms with E-state index in [1.165, 1.54) is 0 Å². The molecule has 0 aliphatic carbocycles. The van der Waals surface area contributed by atoms with E-state index in [9.17, 15) is 13.2 Å². The van der Waals surface area contributed by atoms with Gasteiger partial charge in [0.15, 0.2) is 0 Å². The lowest BCUT2D eigenvalue weighted by molar-refractivity contribution is -0.174. The minimum Gasteiger partial charge on any atom is -0.370 e. The maximum Gasteiger partial charge on any atom is 0.411 e. The Morgan fingerprint density at radius 3 is 2.80 bits per heavy atom. The van der Waals surface area contributed by atoms with Gasteiger partial charge in [-0.15, -0.1) is 0 Å². The highest BCUT2D eigenvalue weighted by Crippen LogP contribution is 2.14. The zero-order valence-corrected chi connectivity index (χ0v) is 8.42. The van der Waals surface area contributed by atoms with Crippen LogP contribution in [0, 0.1) is 0 Å². The van der Waals surface area contributed by atoms with Crippen LogP contribution in [0.1, 0.15) is 12.7 Å². The first-order chi connectivity index (χ1) is 7.03. The molecule has 86 valence electrons. The molecule has 0 spiro atoms. The highest BCUT2D eigenvalue weighted by Gasteiger charge is 2.27. The summed E-state index contributed by atoms with van der Waals surface area (Å²) in [4.78, 5) is 4.05. The van der Waals surface area contributed by atoms with Crippen LogP contribution in [-0.4, -0.2) is 28.9 Å². The molecule has 0 N–H and O–H groups in total. The molecule has 3 nitrogen and oxygen atoms in total. The fourth-order valence-electron chi connectivity index (χ4n) is 1.21. The van der Waals surface area contributed by atoms with Crippen LogP contribution in [0.5, 0.6) is 0 Å². The third-order valence-electron chi connectivity index (χ3n) is 1.86. The molecular formula is C9H13F3N2O. The second kappa shape index (κ2) is 5.16. The van der Waals surface area contributed by atoms with Crippen LogP contribution < -0.4 is 0 Å². The molecule has 1 aromatic rings. The van der Waals surface area contributed by atoms with Crippen molar-refractivity contribution in [2.45, 2.75) is 26.1 Å². The normalized spacial score (nSPS) is 12.0. The molecule has 1 heterocycles. The summed E-state index contributed by atoms with van der Waals surface area (Å²) in [6, 6.07) is 0. The Balaban J connectivity index is 2.26. The summed E-state index contributed by atoms with van der Waals surface area (Å²) in [5.74, 6) is 0.852. The molecule has 0 unspecified atom stereocenters. The first kappa shape index (κ1) is 12.0. The topological polar surface area (TPSA) is 27.1 Å². The van der Waals surface area contributed by atoms with Gasteiger partial charge in [0.05, 0.1) is 6.61 Å². The van der Waals surface area contributed by atoms with Crippen molar-refractivity contribution in [1.29, 1.82) is 0 Å². The Hall–Kier alpha value is -1.04. The predicted octanol–water partition coefficient (Wildman–Crippen LogP) is 2.02. The van der Waals surface area contributed by atoms with Crippen LogP contribution in [0.3, 0.4) is 0 Å². The molecular weight excluding hydrogens is 209 g/mol. The van der Waals surface area contributed by atoms with Gasteiger partial charge in [0, 0.05) is 25.4 Å². The van der Waals surface area contributed by atoms with Crippen molar-refractivity contribution >= 4 is 0 Å². The van der Waals surface area contributed by atoms with E-state index in [1.807, 2.05) is 6.92 Å². The molecule has 6 heteroatoms. The second-order valence-electron chi connectivity index (χ2n) is 3.06. The van der Waals surface area contributed by atoms with Crippen LogP contribution in [-0.2, 0) is 17.7 Å². The Bertz CT molecular complexity index is 296. The molecule has 0 radical (unpaired) electrons. The lowest BCUT2D eigenvalue weighted by Gasteiger charge is -2.09. The van der Waals surface area contributed by atoms with Crippen LogP contribution >= 0.6 is 0 Å². The number of nitrogens with zero attached hydrogens (tertiary/aromatic N) is 2. The molecule has 0 saturated heterocycles. The van der Waals surface area contributed by atoms with Crippen molar-refractivity contribution in [2.24, 2.45) is 0 Å². The number of hydrogen-bond acceptors (Lipinski definition) is 2. The van der Waals surface area contributed by atoms with Crippen LogP contribution in [0.2, 0.25) is 0 Å². The lowest BCUT2D eigenvalue weighted by Crippen LogP contribution is -2.19. The SMILES string of the molecule is CCc1nccn1CCOCC(F)(F)F. The largest absolute Gasteiger partial charge is 0.411 e. The van der Waals surface area contributed by atoms with Gasteiger partial charge < -0.3 is 9.30 Å². The zero-order chi connectivity index (χ0) is 11.3. The third-order valence-corrected chi connectivity index (χ3v) is 1.86. The van der Waals surface area contributed by atoms with Crippen molar-refractivity contribution in [3.8, 4) is 0 Å². The van der Waals surface area contributed by atoms with E-state index < -0.39 is 12.8 Å². The van der Waals surface area contributed by atoms with Crippen LogP contribution in [0.4, 0.5) is 13.2 Å². The van der Waals surface area contributed by atoms with Gasteiger partial charge in [0.2, 0.25) is 0 Å². The van der Waals surface area contributed by atoms with E-state index in [0.29, 0.717) is 6.54 Å². The van der Waals surface area contributed by atoms with E-state index in [0.717, 1.165) is 12.2 Å². The summed E-state index contributed by atoms with van der Waals surface area (Å²) in [7, 11) is 0. The Morgan fingerprint density at radius 1 is 1.47 bits per heavy atom. The van der Waals surface area contributed by atoms with Crippen molar-refractivity contribution in [3.05, 3.63) is 18.2 Å². The first-order valence-electron chi connectivity index (χ1n) is 4.67. The second-order valence-corrected chi connectivity index (χ2v) is 3.06. The molecule has 0 fully saturated rings. The molecule has 0 aliphatic heterocycles. The highest BCUT2D eigenvalue weighted by atomic mass is 19.4. The van der Waals surface area contributed by atoms with Crippen molar-refractivity contribution < 1.29 is 17.9 Å². The van der Waals surface area contributed by atoms with Crippen molar-refractivity contribution in [3.63, 3.8) is 0 Å². The number of rotatable bonds is 5. The molecule has 0 aromatic carbocycles. The van der Waals surface area contributed by atoms with E-state index in [-0.39, 0.29) is 6.61 Å². The Morgan fingerprint density at radius 2 is 2.20 bits per heavy atom. The average Bonchev–Trinajstić information content (AvgIpc) is 2.58. The molecule has 1 rings (SSSR count). The monoisotopic (exact) mass is 222 g/mol. The van der Waals surface area contributed by atoms with Gasteiger partial charge in [0.1, 0.15) is 12.4 Å². The molecule has 0 bridgehead atoms. The molecule has 15 heavy (non-hydrogen) atoms. The van der Waals surface area contributed by atoms with Gasteiger partial charge in [-0.2, -0.15) is 13.2 Å². The number of halogens is 3. The summed E-state index contributed by atoms with van der Waals surface area (Å²) in [5, 5.41) is 0. The number of aryl methyl sites for hydroxylation is 1. The fourth-order valence-corrected chi connectivity index (χ4v) is 1.21. The van der Waals surface area contributed by atoms with E-state index >= 15 is 0 Å². The number of imidazole rings is 1. The molecule has 0 amide bonds. The molecule has 0 atom stereocenters. The van der Waals surface area contributed by atoms with Crippen LogP contribution in [0.25, 0.3) is 0 Å². The van der Waals surface area contributed by atoms with E-state index in [1.54, 1.807) is 17.0 Å². The van der Waals surface area contributed by atoms with Crippen molar-refractivity contribution in [1.82, 2.24) is 9.55 Å². The third kappa shape index (κ3) is 4.33. The lowest BCUT2D eigenvalue weighted by atomic mass is 10.4. The summed E-state index contributed by atoms with van der Waals surface area (Å²) in [6.07, 6.45) is -0.132. The highest BCUT2D eigenvalue weighted by molar-refractivity contribution is 4.91. The van der Waals surface area contributed by atoms with Gasteiger partial charge in [-0.3, -0.25) is 0 Å². The van der Waals surface area contributed by atoms with Gasteiger partial charge in [-0.25, -0.2) is 4.98 Å². The summed E-state index contributed by atoms with van der Waals surface area (Å²) >= 11 is 0. The number of alkyl halides is 3. The number of hydrogen-bond donors (Lipinski definition) is 0. The van der Waals surface area contributed by atoms with Crippen molar-refractivity contribution in [2.75, 3.05) is 13.2 Å². The summed E-state index contributed by atoms with van der Waals surface area (Å²) < 4.78 is 41.5. The van der Waals surface area contributed by atoms with Gasteiger partial charge >= 0.3 is 6.18 Å². The standard InChI is InChI=1S/C9H13F3N2O/c1-2-8-13-3-4-14(8)5-6-15-7-9(10,11)12/h3-4H,2,5-7H2,1H3. The average molecular weight is 222 g/mol. The van der Waals surface area contributed by atoms with E-state index in [2.05, 4.69) is 9.72 Å². The van der Waals surface area contributed by atoms with Gasteiger partial charge in [0.25, 0.3) is 0 Å². The molecule has 1 aromatic heterocycles. The quantitative estimate of drug-likeness (QED) is 0.713. The predicted molar refractivity (Wildman–Crippen MR) is 48.5 cm³/mol. The smallest absolute Gasteiger partial charge is 0.370 e. The van der Waals surface area contributed by atoms with Gasteiger partial charge in [-0.1, -0.05) is 6.92 Å². The Kier molecular flexibility index (Phi) is 4.14. The maximum atomic E-state index is 11.7. The summed E-state index contributed by atoms with van der Waals surface area (Å²) in [5.41, 5.74) is 0. The van der Waals surface area contributed by atoms with Crippen LogP contribution in [0.15, 0.2) is 12.4 Å². The molecule has 0 saturated carbocycles. The minimum absolute atomic E-state index is 0.0445. The fraction of sp³-hybridized carbons (Fsp3) is 0.667. The molecule has 0 aliphatic rings.